The van der Waals surface area contributed by atoms with E-state index in [1.807, 2.05) is 0 Å². The minimum atomic E-state index is -1.28. The number of hydrogen-bond donors (Lipinski definition) is 4. The highest BCUT2D eigenvalue weighted by atomic mass is 19.1. The van der Waals surface area contributed by atoms with E-state index in [9.17, 15) is 18.4 Å². The van der Waals surface area contributed by atoms with E-state index in [-0.39, 0.29) is 22.8 Å². The molecule has 2 aliphatic rings. The van der Waals surface area contributed by atoms with Crippen LogP contribution in [0.5, 0.6) is 23.0 Å². The van der Waals surface area contributed by atoms with E-state index in [4.69, 9.17) is 19.9 Å². The maximum atomic E-state index is 15.1. The first kappa shape index (κ1) is 35.0. The second-order valence-electron chi connectivity index (χ2n) is 12.5. The van der Waals surface area contributed by atoms with Gasteiger partial charge in [0.15, 0.2) is 23.1 Å². The van der Waals surface area contributed by atoms with Crippen molar-refractivity contribution in [2.45, 2.75) is 31.2 Å². The molecule has 51 heavy (non-hydrogen) atoms. The quantitative estimate of drug-likeness (QED) is 0.105. The van der Waals surface area contributed by atoms with Gasteiger partial charge in [0, 0.05) is 47.8 Å². The van der Waals surface area contributed by atoms with Gasteiger partial charge in [-0.1, -0.05) is 0 Å². The molecule has 2 amide bonds. The zero-order valence-corrected chi connectivity index (χ0v) is 27.9. The molecule has 2 fully saturated rings. The van der Waals surface area contributed by atoms with Crippen LogP contribution in [0.15, 0.2) is 91.1 Å². The predicted octanol–water partition coefficient (Wildman–Crippen LogP) is 7.41. The lowest BCUT2D eigenvalue weighted by Gasteiger charge is -2.17. The molecule has 5 N–H and O–H groups in total. The molecule has 2 saturated carbocycles. The molecule has 10 nitrogen and oxygen atoms in total. The number of nitrogens with one attached hydrogen (secondary N) is 3. The molecule has 2 aliphatic carbocycles. The molecule has 13 heteroatoms. The van der Waals surface area contributed by atoms with E-state index in [2.05, 4.69) is 20.9 Å². The fraction of sp³-hybridized carbons (Fsp3) is 0.237. The summed E-state index contributed by atoms with van der Waals surface area (Å²) in [4.78, 5) is 30.2. The van der Waals surface area contributed by atoms with E-state index in [1.165, 1.54) is 61.8 Å². The number of benzene rings is 4. The van der Waals surface area contributed by atoms with Gasteiger partial charge < -0.3 is 35.9 Å². The van der Waals surface area contributed by atoms with Crippen LogP contribution in [-0.4, -0.2) is 43.1 Å². The van der Waals surface area contributed by atoms with Crippen molar-refractivity contribution < 1.29 is 37.0 Å². The standard InChI is InChI=1S/C31H28F2N4O5.C7H8FN/c1-40-26-15-21-23(16-27(26)41-17-30(34)9-10-30)35-13-8-24(21)42-25-7-6-20(14-22(25)33)37-29(39)31(11-12-31)28(38)36-19-4-2-18(32)3-5-19;1-9-7-4-2-6(8)3-5-7/h2-8,13-16H,9-12,17,34H2,1H3,(H,36,38)(H,37,39);2-5,9H,1H3. The van der Waals surface area contributed by atoms with Crippen molar-refractivity contribution in [3.63, 3.8) is 0 Å². The first-order valence-corrected chi connectivity index (χ1v) is 16.2. The highest BCUT2D eigenvalue weighted by Gasteiger charge is 2.56. The topological polar surface area (TPSA) is 137 Å². The molecule has 4 aromatic carbocycles. The number of anilines is 3. The molecule has 1 aromatic heterocycles. The summed E-state index contributed by atoms with van der Waals surface area (Å²) >= 11 is 0. The summed E-state index contributed by atoms with van der Waals surface area (Å²) in [5.41, 5.74) is 6.59. The summed E-state index contributed by atoms with van der Waals surface area (Å²) in [7, 11) is 3.32. The van der Waals surface area contributed by atoms with Crippen LogP contribution in [0.2, 0.25) is 0 Å². The predicted molar refractivity (Wildman–Crippen MR) is 188 cm³/mol. The van der Waals surface area contributed by atoms with E-state index in [0.717, 1.165) is 24.6 Å². The Morgan fingerprint density at radius 2 is 1.35 bits per heavy atom. The second kappa shape index (κ2) is 14.6. The maximum absolute atomic E-state index is 15.1. The van der Waals surface area contributed by atoms with Crippen LogP contribution < -0.4 is 35.9 Å². The SMILES string of the molecule is CNc1ccc(F)cc1.COc1cc2c(Oc3ccc(NC(=O)C4(C(=O)Nc5ccc(F)cc5)CC4)cc3F)ccnc2cc1OCC1(N)CC1. The van der Waals surface area contributed by atoms with Crippen LogP contribution in [0.4, 0.5) is 30.2 Å². The lowest BCUT2D eigenvalue weighted by atomic mass is 10.0. The third-order valence-corrected chi connectivity index (χ3v) is 8.66. The van der Waals surface area contributed by atoms with Crippen LogP contribution >= 0.6 is 0 Å². The van der Waals surface area contributed by atoms with Gasteiger partial charge in [-0.2, -0.15) is 0 Å². The van der Waals surface area contributed by atoms with Gasteiger partial charge in [0.1, 0.15) is 29.4 Å². The Morgan fingerprint density at radius 1 is 0.745 bits per heavy atom. The molecule has 264 valence electrons. The monoisotopic (exact) mass is 699 g/mol. The second-order valence-corrected chi connectivity index (χ2v) is 12.5. The summed E-state index contributed by atoms with van der Waals surface area (Å²) in [6.45, 7) is 0.360. The molecule has 0 bridgehead atoms. The first-order valence-electron chi connectivity index (χ1n) is 16.2. The van der Waals surface area contributed by atoms with Gasteiger partial charge >= 0.3 is 0 Å². The van der Waals surface area contributed by atoms with Gasteiger partial charge in [0.2, 0.25) is 11.8 Å². The van der Waals surface area contributed by atoms with Crippen molar-refractivity contribution in [3.8, 4) is 23.0 Å². The molecule has 0 saturated heterocycles. The molecule has 0 unspecified atom stereocenters. The number of carbonyl (C=O) groups is 2. The van der Waals surface area contributed by atoms with Crippen molar-refractivity contribution in [2.75, 3.05) is 36.7 Å². The van der Waals surface area contributed by atoms with Gasteiger partial charge in [-0.3, -0.25) is 14.6 Å². The molecular formula is C38H36F3N5O5. The van der Waals surface area contributed by atoms with Gasteiger partial charge in [0.25, 0.3) is 0 Å². The first-order chi connectivity index (χ1) is 24.5. The lowest BCUT2D eigenvalue weighted by Crippen LogP contribution is -2.35. The van der Waals surface area contributed by atoms with Gasteiger partial charge in [-0.05, 0) is 98.5 Å². The lowest BCUT2D eigenvalue weighted by molar-refractivity contribution is -0.131. The van der Waals surface area contributed by atoms with Gasteiger partial charge in [-0.25, -0.2) is 13.2 Å². The molecule has 0 spiro atoms. The number of nitrogens with two attached hydrogens (primary N) is 1. The number of aromatic nitrogens is 1. The fourth-order valence-corrected chi connectivity index (χ4v) is 5.13. The average molecular weight is 700 g/mol. The summed E-state index contributed by atoms with van der Waals surface area (Å²) in [6.07, 6.45) is 4.03. The van der Waals surface area contributed by atoms with Gasteiger partial charge in [0.05, 0.1) is 18.2 Å². The number of hydrogen-bond acceptors (Lipinski definition) is 8. The summed E-state index contributed by atoms with van der Waals surface area (Å²) in [6, 6.07) is 20.5. The number of methoxy groups -OCH3 is 1. The van der Waals surface area contributed by atoms with Crippen LogP contribution in [0.3, 0.4) is 0 Å². The number of ether oxygens (including phenoxy) is 3. The molecule has 0 radical (unpaired) electrons. The number of carbonyl (C=O) groups excluding carboxylic acids is 2. The molecular weight excluding hydrogens is 663 g/mol. The number of rotatable bonds is 11. The van der Waals surface area contributed by atoms with Crippen molar-refractivity contribution >= 4 is 39.8 Å². The molecule has 7 rings (SSSR count). The zero-order valence-electron chi connectivity index (χ0n) is 27.9. The third kappa shape index (κ3) is 8.32. The normalized spacial score (nSPS) is 14.7. The largest absolute Gasteiger partial charge is 0.493 e. The van der Waals surface area contributed by atoms with Gasteiger partial charge in [-0.15, -0.1) is 0 Å². The highest BCUT2D eigenvalue weighted by Crippen LogP contribution is 2.48. The Balaban J connectivity index is 0.000000435. The molecule has 5 aromatic rings. The number of fused-ring (bicyclic) bond motifs is 1. The highest BCUT2D eigenvalue weighted by molar-refractivity contribution is 6.16. The van der Waals surface area contributed by atoms with E-state index < -0.39 is 28.9 Å². The van der Waals surface area contributed by atoms with Crippen molar-refractivity contribution in [2.24, 2.45) is 11.1 Å². The van der Waals surface area contributed by atoms with Crippen LogP contribution in [0.1, 0.15) is 25.7 Å². The summed E-state index contributed by atoms with van der Waals surface area (Å²) < 4.78 is 57.8. The van der Waals surface area contributed by atoms with Crippen LogP contribution in [-0.2, 0) is 9.59 Å². The Morgan fingerprint density at radius 3 is 1.92 bits per heavy atom. The number of amides is 2. The molecule has 0 aliphatic heterocycles. The van der Waals surface area contributed by atoms with E-state index >= 15 is 4.39 Å². The Labute approximate surface area is 292 Å². The third-order valence-electron chi connectivity index (χ3n) is 8.66. The smallest absolute Gasteiger partial charge is 0.240 e. The Kier molecular flexibility index (Phi) is 10.0. The minimum absolute atomic E-state index is 0.0752. The van der Waals surface area contributed by atoms with Crippen molar-refractivity contribution in [3.05, 3.63) is 109 Å². The Bertz CT molecular complexity index is 2050. The number of nitrogens with zero attached hydrogens (tertiary/aromatic N) is 1. The average Bonchev–Trinajstić information content (AvgIpc) is 4.07. The minimum Gasteiger partial charge on any atom is -0.493 e. The van der Waals surface area contributed by atoms with Crippen molar-refractivity contribution in [1.29, 1.82) is 0 Å². The summed E-state index contributed by atoms with van der Waals surface area (Å²) in [5.74, 6) is -1.19. The fourth-order valence-electron chi connectivity index (χ4n) is 5.13. The maximum Gasteiger partial charge on any atom is 0.240 e. The van der Waals surface area contributed by atoms with E-state index in [1.54, 1.807) is 37.4 Å². The number of halogens is 3. The molecule has 1 heterocycles. The van der Waals surface area contributed by atoms with Crippen LogP contribution in [0.25, 0.3) is 10.9 Å². The molecule has 0 atom stereocenters. The van der Waals surface area contributed by atoms with E-state index in [0.29, 0.717) is 53.3 Å². The summed E-state index contributed by atoms with van der Waals surface area (Å²) in [5, 5.41) is 8.73. The number of pyridine rings is 1. The Hall–Kier alpha value is -5.82. The van der Waals surface area contributed by atoms with Crippen molar-refractivity contribution in [1.82, 2.24) is 4.98 Å². The zero-order chi connectivity index (χ0) is 36.2. The van der Waals surface area contributed by atoms with Crippen LogP contribution in [0, 0.1) is 22.9 Å².